The van der Waals surface area contributed by atoms with Gasteiger partial charge in [0.05, 0.1) is 5.92 Å². The van der Waals surface area contributed by atoms with Crippen LogP contribution >= 0.6 is 0 Å². The van der Waals surface area contributed by atoms with E-state index >= 15 is 0 Å². The van der Waals surface area contributed by atoms with E-state index in [2.05, 4.69) is 5.32 Å². The molecule has 1 heterocycles. The minimum Gasteiger partial charge on any atom is -0.353 e. The van der Waals surface area contributed by atoms with Gasteiger partial charge in [-0.25, -0.2) is 0 Å². The van der Waals surface area contributed by atoms with Crippen molar-refractivity contribution < 1.29 is 9.59 Å². The van der Waals surface area contributed by atoms with Crippen molar-refractivity contribution in [3.8, 4) is 0 Å². The number of carbonyl (C=O) groups excluding carboxylic acids is 2. The lowest BCUT2D eigenvalue weighted by Crippen LogP contribution is -2.51. The van der Waals surface area contributed by atoms with Crippen LogP contribution in [-0.4, -0.2) is 41.9 Å². The van der Waals surface area contributed by atoms with Gasteiger partial charge in [0.15, 0.2) is 0 Å². The van der Waals surface area contributed by atoms with Gasteiger partial charge in [0.25, 0.3) is 0 Å². The lowest BCUT2D eigenvalue weighted by atomic mass is 9.84. The first-order valence-electron chi connectivity index (χ1n) is 8.33. The second kappa shape index (κ2) is 7.25. The van der Waals surface area contributed by atoms with Crippen LogP contribution in [0.1, 0.15) is 52.4 Å². The average molecular weight is 295 g/mol. The number of nitrogens with two attached hydrogens (primary N) is 1. The number of carbonyl (C=O) groups is 2. The van der Waals surface area contributed by atoms with E-state index in [9.17, 15) is 9.59 Å². The van der Waals surface area contributed by atoms with Crippen molar-refractivity contribution in [2.75, 3.05) is 13.1 Å². The lowest BCUT2D eigenvalue weighted by Gasteiger charge is -2.35. The van der Waals surface area contributed by atoms with Gasteiger partial charge in [-0.15, -0.1) is 0 Å². The first kappa shape index (κ1) is 16.3. The molecule has 2 atom stereocenters. The van der Waals surface area contributed by atoms with Gasteiger partial charge in [-0.3, -0.25) is 9.59 Å². The highest BCUT2D eigenvalue weighted by Crippen LogP contribution is 2.23. The molecule has 2 unspecified atom stereocenters. The summed E-state index contributed by atoms with van der Waals surface area (Å²) in [5.74, 6) is 0.371. The molecule has 21 heavy (non-hydrogen) atoms. The Morgan fingerprint density at radius 3 is 2.29 bits per heavy atom. The monoisotopic (exact) mass is 295 g/mol. The van der Waals surface area contributed by atoms with Gasteiger partial charge in [0.1, 0.15) is 0 Å². The molecule has 2 rings (SSSR count). The minimum atomic E-state index is -0.0194. The largest absolute Gasteiger partial charge is 0.353 e. The Balaban J connectivity index is 1.78. The molecule has 0 radical (unpaired) electrons. The first-order valence-corrected chi connectivity index (χ1v) is 8.33. The zero-order valence-corrected chi connectivity index (χ0v) is 13.3. The Labute approximate surface area is 127 Å². The number of likely N-dealkylation sites (tertiary alicyclic amines) is 1. The molecule has 2 fully saturated rings. The summed E-state index contributed by atoms with van der Waals surface area (Å²) in [6.07, 6.45) is 5.82. The maximum absolute atomic E-state index is 12.3. The van der Waals surface area contributed by atoms with E-state index < -0.39 is 0 Å². The molecule has 1 aliphatic carbocycles. The van der Waals surface area contributed by atoms with Crippen molar-refractivity contribution in [1.29, 1.82) is 0 Å². The Hall–Kier alpha value is -1.10. The third kappa shape index (κ3) is 4.19. The van der Waals surface area contributed by atoms with Gasteiger partial charge in [-0.1, -0.05) is 26.7 Å². The van der Waals surface area contributed by atoms with Crippen LogP contribution in [0.5, 0.6) is 0 Å². The maximum Gasteiger partial charge on any atom is 0.225 e. The van der Waals surface area contributed by atoms with Gasteiger partial charge < -0.3 is 16.0 Å². The summed E-state index contributed by atoms with van der Waals surface area (Å²) in [4.78, 5) is 26.2. The van der Waals surface area contributed by atoms with Crippen LogP contribution < -0.4 is 11.1 Å². The van der Waals surface area contributed by atoms with Crippen LogP contribution in [0.4, 0.5) is 0 Å². The second-order valence-electron chi connectivity index (χ2n) is 6.82. The zero-order valence-electron chi connectivity index (χ0n) is 13.3. The fraction of sp³-hybridized carbons (Fsp3) is 0.875. The lowest BCUT2D eigenvalue weighted by molar-refractivity contribution is -0.135. The first-order chi connectivity index (χ1) is 9.99. The van der Waals surface area contributed by atoms with Crippen molar-refractivity contribution in [1.82, 2.24) is 10.2 Å². The third-order valence-corrected chi connectivity index (χ3v) is 4.80. The smallest absolute Gasteiger partial charge is 0.225 e. The van der Waals surface area contributed by atoms with E-state index in [-0.39, 0.29) is 35.7 Å². The molecule has 5 heteroatoms. The quantitative estimate of drug-likeness (QED) is 0.823. The highest BCUT2D eigenvalue weighted by atomic mass is 16.2. The van der Waals surface area contributed by atoms with Crippen molar-refractivity contribution in [3.05, 3.63) is 0 Å². The van der Waals surface area contributed by atoms with Crippen molar-refractivity contribution in [2.24, 2.45) is 17.6 Å². The average Bonchev–Trinajstić information content (AvgIpc) is 2.47. The predicted octanol–water partition coefficient (Wildman–Crippen LogP) is 1.27. The predicted molar refractivity (Wildman–Crippen MR) is 82.5 cm³/mol. The van der Waals surface area contributed by atoms with Gasteiger partial charge in [-0.05, 0) is 25.7 Å². The Bertz CT molecular complexity index is 376. The van der Waals surface area contributed by atoms with Crippen LogP contribution in [0.25, 0.3) is 0 Å². The number of hydrogen-bond acceptors (Lipinski definition) is 3. The highest BCUT2D eigenvalue weighted by molar-refractivity contribution is 5.80. The Morgan fingerprint density at radius 1 is 1.10 bits per heavy atom. The van der Waals surface area contributed by atoms with Crippen molar-refractivity contribution in [3.63, 3.8) is 0 Å². The molecule has 1 saturated carbocycles. The molecule has 2 amide bonds. The molecule has 3 N–H and O–H groups in total. The van der Waals surface area contributed by atoms with Crippen molar-refractivity contribution >= 4 is 11.8 Å². The molecule has 0 aromatic rings. The molecule has 1 aliphatic heterocycles. The maximum atomic E-state index is 12.3. The highest BCUT2D eigenvalue weighted by Gasteiger charge is 2.31. The fourth-order valence-electron chi connectivity index (χ4n) is 3.40. The van der Waals surface area contributed by atoms with Gasteiger partial charge in [0.2, 0.25) is 11.8 Å². The summed E-state index contributed by atoms with van der Waals surface area (Å²) in [6, 6.07) is 0.212. The Morgan fingerprint density at radius 2 is 1.71 bits per heavy atom. The minimum absolute atomic E-state index is 0.0151. The number of nitrogens with one attached hydrogen (secondary N) is 1. The zero-order chi connectivity index (χ0) is 15.4. The number of hydrogen-bond donors (Lipinski definition) is 2. The molecule has 1 saturated heterocycles. The summed E-state index contributed by atoms with van der Waals surface area (Å²) >= 11 is 0. The van der Waals surface area contributed by atoms with E-state index in [4.69, 9.17) is 5.73 Å². The summed E-state index contributed by atoms with van der Waals surface area (Å²) < 4.78 is 0. The third-order valence-electron chi connectivity index (χ3n) is 4.80. The molecular formula is C16H29N3O2. The normalized spacial score (nSPS) is 27.7. The number of rotatable bonds is 3. The molecule has 2 aliphatic rings. The summed E-state index contributed by atoms with van der Waals surface area (Å²) in [6.45, 7) is 5.36. The molecule has 0 aromatic heterocycles. The van der Waals surface area contributed by atoms with Crippen LogP contribution in [0.15, 0.2) is 0 Å². The van der Waals surface area contributed by atoms with Crippen LogP contribution in [0.3, 0.4) is 0 Å². The number of amides is 2. The molecular weight excluding hydrogens is 266 g/mol. The number of piperidine rings is 1. The van der Waals surface area contributed by atoms with Crippen LogP contribution in [0, 0.1) is 11.8 Å². The van der Waals surface area contributed by atoms with E-state index in [1.165, 1.54) is 0 Å². The summed E-state index contributed by atoms with van der Waals surface area (Å²) in [7, 11) is 0. The SMILES string of the molecule is CC(C)C(=O)N1CCC(NC(=O)C2CCCCC2N)CC1. The molecule has 120 valence electrons. The topological polar surface area (TPSA) is 75.4 Å². The Kier molecular flexibility index (Phi) is 5.62. The fourth-order valence-corrected chi connectivity index (χ4v) is 3.40. The van der Waals surface area contributed by atoms with E-state index in [0.29, 0.717) is 0 Å². The van der Waals surface area contributed by atoms with Gasteiger partial charge >= 0.3 is 0 Å². The molecule has 5 nitrogen and oxygen atoms in total. The van der Waals surface area contributed by atoms with Gasteiger partial charge in [0, 0.05) is 31.1 Å². The second-order valence-corrected chi connectivity index (χ2v) is 6.82. The molecule has 0 aromatic carbocycles. The van der Waals surface area contributed by atoms with Crippen LogP contribution in [-0.2, 0) is 9.59 Å². The standard InChI is InChI=1S/C16H29N3O2/c1-11(2)16(21)19-9-7-12(8-10-19)18-15(20)13-5-3-4-6-14(13)17/h11-14H,3-10,17H2,1-2H3,(H,18,20). The number of nitrogens with zero attached hydrogens (tertiary/aromatic N) is 1. The van der Waals surface area contributed by atoms with Crippen LogP contribution in [0.2, 0.25) is 0 Å². The van der Waals surface area contributed by atoms with E-state index in [0.717, 1.165) is 51.6 Å². The van der Waals surface area contributed by atoms with E-state index in [1.54, 1.807) is 0 Å². The molecule has 0 spiro atoms. The molecule has 0 bridgehead atoms. The summed E-state index contributed by atoms with van der Waals surface area (Å²) in [5.41, 5.74) is 6.07. The van der Waals surface area contributed by atoms with Gasteiger partial charge in [-0.2, -0.15) is 0 Å². The van der Waals surface area contributed by atoms with Crippen molar-refractivity contribution in [2.45, 2.75) is 64.5 Å². The van der Waals surface area contributed by atoms with E-state index in [1.807, 2.05) is 18.7 Å². The summed E-state index contributed by atoms with van der Waals surface area (Å²) in [5, 5.41) is 3.15.